The Bertz CT molecular complexity index is 682. The molecule has 0 aromatic rings. The van der Waals surface area contributed by atoms with Crippen LogP contribution >= 0.6 is 18.2 Å². The predicted octanol–water partition coefficient (Wildman–Crippen LogP) is 1.55. The first-order chi connectivity index (χ1) is 14.3. The molecule has 10 nitrogen and oxygen atoms in total. The normalized spacial score (nSPS) is 24.4. The van der Waals surface area contributed by atoms with Gasteiger partial charge in [0.2, 0.25) is 11.8 Å². The van der Waals surface area contributed by atoms with Crippen LogP contribution in [0.4, 0.5) is 0 Å². The number of quaternary nitrogens is 1. The Morgan fingerprint density at radius 2 is 1.94 bits per heavy atom. The van der Waals surface area contributed by atoms with E-state index in [1.165, 1.54) is 0 Å². The molecule has 0 spiro atoms. The number of likely N-dealkylation sites (N-methyl/N-ethyl adjacent to an activating group) is 1. The van der Waals surface area contributed by atoms with E-state index in [2.05, 4.69) is 10.6 Å². The molecule has 1 aliphatic rings. The smallest absolute Gasteiger partial charge is 0.390 e. The van der Waals surface area contributed by atoms with Crippen LogP contribution in [0.1, 0.15) is 33.6 Å². The third kappa shape index (κ3) is 10.8. The zero-order chi connectivity index (χ0) is 23.7. The maximum atomic E-state index is 13.5. The molecule has 0 saturated carbocycles. The molecule has 1 saturated heterocycles. The molecule has 2 N–H and O–H groups in total. The summed E-state index contributed by atoms with van der Waals surface area (Å²) in [5.74, 6) is -0.861. The van der Waals surface area contributed by atoms with Crippen molar-refractivity contribution in [1.82, 2.24) is 10.6 Å². The highest BCUT2D eigenvalue weighted by molar-refractivity contribution is 8.55. The van der Waals surface area contributed by atoms with Crippen molar-refractivity contribution in [3.63, 3.8) is 0 Å². The van der Waals surface area contributed by atoms with Gasteiger partial charge in [0.15, 0.2) is 6.10 Å². The van der Waals surface area contributed by atoms with Crippen molar-refractivity contribution in [2.75, 3.05) is 59.7 Å². The number of ether oxygens (including phenoxy) is 1. The van der Waals surface area contributed by atoms with Gasteiger partial charge in [-0.3, -0.25) is 23.4 Å². The van der Waals surface area contributed by atoms with Gasteiger partial charge >= 0.3 is 12.8 Å². The van der Waals surface area contributed by atoms with Crippen molar-refractivity contribution in [1.29, 1.82) is 0 Å². The molecule has 12 heteroatoms. The van der Waals surface area contributed by atoms with Gasteiger partial charge in [0, 0.05) is 37.1 Å². The number of carbonyl (C=O) groups excluding carboxylic acids is 3. The van der Waals surface area contributed by atoms with Crippen LogP contribution < -0.4 is 10.6 Å². The number of esters is 1. The topological polar surface area (TPSA) is 120 Å². The minimum Gasteiger partial charge on any atom is -0.465 e. The second kappa shape index (κ2) is 12.2. The lowest BCUT2D eigenvalue weighted by atomic mass is 9.87. The molecule has 180 valence electrons. The molecule has 1 heterocycles. The van der Waals surface area contributed by atoms with Crippen LogP contribution in [-0.4, -0.2) is 88.1 Å². The molecule has 2 amide bonds. The van der Waals surface area contributed by atoms with Crippen LogP contribution in [0.2, 0.25) is 0 Å². The van der Waals surface area contributed by atoms with Gasteiger partial charge in [-0.25, -0.2) is 4.57 Å². The molecule has 1 unspecified atom stereocenters. The highest BCUT2D eigenvalue weighted by Crippen LogP contribution is 2.62. The first kappa shape index (κ1) is 27.9. The Balaban J connectivity index is 3.10. The fourth-order valence-corrected chi connectivity index (χ4v) is 5.86. The largest absolute Gasteiger partial charge is 0.465 e. The first-order valence-electron chi connectivity index (χ1n) is 10.4. The first-order valence-corrected chi connectivity index (χ1v) is 13.5. The van der Waals surface area contributed by atoms with Gasteiger partial charge < -0.3 is 19.9 Å². The minimum absolute atomic E-state index is 0.0954. The molecular weight excluding hydrogens is 445 g/mol. The number of hydrogen-bond donors (Lipinski definition) is 2. The second-order valence-corrected chi connectivity index (χ2v) is 13.2. The summed E-state index contributed by atoms with van der Waals surface area (Å²) in [6.45, 7) is 2.36. The molecule has 0 bridgehead atoms. The number of nitrogens with one attached hydrogen (secondary N) is 2. The summed E-state index contributed by atoms with van der Waals surface area (Å²) in [6.07, 6.45) is -0.889. The summed E-state index contributed by atoms with van der Waals surface area (Å²) < 4.78 is 30.9. The standard InChI is InChI=1S/C19H36N3O7PS/c1-7-16(24)27-14-19(2,3)17-18(25)21-9-8-15(23)20-10-13-31-30(26,29-17)28-12-11-22(4,5)6/h17H,7-14H2,1-6H3,(H-,20,21,23,25)/p+1/t17-,30?/m0/s1. The van der Waals surface area contributed by atoms with E-state index >= 15 is 0 Å². The van der Waals surface area contributed by atoms with Crippen molar-refractivity contribution in [3.8, 4) is 0 Å². The number of amides is 2. The molecule has 0 aliphatic carbocycles. The number of carbonyl (C=O) groups is 3. The number of rotatable bonds is 8. The number of nitrogens with zero attached hydrogens (tertiary/aromatic N) is 1. The van der Waals surface area contributed by atoms with Crippen molar-refractivity contribution in [2.24, 2.45) is 5.41 Å². The van der Waals surface area contributed by atoms with Crippen LogP contribution in [0, 0.1) is 5.41 Å². The Morgan fingerprint density at radius 1 is 1.26 bits per heavy atom. The summed E-state index contributed by atoms with van der Waals surface area (Å²) in [6, 6.07) is 0. The van der Waals surface area contributed by atoms with Crippen LogP contribution in [0.25, 0.3) is 0 Å². The van der Waals surface area contributed by atoms with Crippen LogP contribution in [0.5, 0.6) is 0 Å². The number of hydrogen-bond acceptors (Lipinski definition) is 8. The van der Waals surface area contributed by atoms with Gasteiger partial charge in [0.25, 0.3) is 0 Å². The molecule has 0 aromatic carbocycles. The van der Waals surface area contributed by atoms with E-state index in [1.54, 1.807) is 20.8 Å². The van der Waals surface area contributed by atoms with Crippen LogP contribution in [0.3, 0.4) is 0 Å². The van der Waals surface area contributed by atoms with Crippen LogP contribution in [-0.2, 0) is 32.7 Å². The third-order valence-corrected chi connectivity index (χ3v) is 8.15. The Morgan fingerprint density at radius 3 is 2.55 bits per heavy atom. The Hall–Kier alpha value is -1.13. The van der Waals surface area contributed by atoms with E-state index < -0.39 is 30.2 Å². The molecular formula is C19H37N3O7PS+. The Labute approximate surface area is 189 Å². The average Bonchev–Trinajstić information content (AvgIpc) is 2.65. The summed E-state index contributed by atoms with van der Waals surface area (Å²) in [5.41, 5.74) is -0.985. The summed E-state index contributed by atoms with van der Waals surface area (Å²) in [5, 5.41) is 5.36. The Kier molecular flexibility index (Phi) is 11.0. The van der Waals surface area contributed by atoms with Crippen LogP contribution in [0.15, 0.2) is 0 Å². The highest BCUT2D eigenvalue weighted by atomic mass is 32.7. The molecule has 0 radical (unpaired) electrons. The third-order valence-electron chi connectivity index (χ3n) is 4.41. The van der Waals surface area contributed by atoms with E-state index in [0.717, 1.165) is 11.4 Å². The molecule has 2 atom stereocenters. The fraction of sp³-hybridized carbons (Fsp3) is 0.842. The predicted molar refractivity (Wildman–Crippen MR) is 119 cm³/mol. The fourth-order valence-electron chi connectivity index (χ4n) is 2.47. The lowest BCUT2D eigenvalue weighted by Crippen LogP contribution is -2.48. The molecule has 1 fully saturated rings. The van der Waals surface area contributed by atoms with Gasteiger partial charge in [-0.1, -0.05) is 20.8 Å². The van der Waals surface area contributed by atoms with Gasteiger partial charge in [-0.2, -0.15) is 0 Å². The lowest BCUT2D eigenvalue weighted by molar-refractivity contribution is -0.870. The molecule has 1 rings (SSSR count). The quantitative estimate of drug-likeness (QED) is 0.304. The molecule has 31 heavy (non-hydrogen) atoms. The van der Waals surface area contributed by atoms with Crippen molar-refractivity contribution >= 4 is 36.0 Å². The van der Waals surface area contributed by atoms with E-state index in [0.29, 0.717) is 23.3 Å². The van der Waals surface area contributed by atoms with E-state index in [9.17, 15) is 18.9 Å². The summed E-state index contributed by atoms with van der Waals surface area (Å²) in [7, 11) is 5.93. The molecule has 1 aliphatic heterocycles. The van der Waals surface area contributed by atoms with E-state index in [-0.39, 0.29) is 38.5 Å². The second-order valence-electron chi connectivity index (χ2n) is 9.01. The summed E-state index contributed by atoms with van der Waals surface area (Å²) >= 11 is 0.943. The minimum atomic E-state index is -3.76. The van der Waals surface area contributed by atoms with Gasteiger partial charge in [0.05, 0.1) is 27.7 Å². The zero-order valence-electron chi connectivity index (χ0n) is 19.4. The highest BCUT2D eigenvalue weighted by Gasteiger charge is 2.43. The van der Waals surface area contributed by atoms with Gasteiger partial charge in [0.1, 0.15) is 13.2 Å². The SMILES string of the molecule is CCC(=O)OCC(C)(C)[C@H]1OP(=O)(OCC[N+](C)(C)C)SCCNC(=O)CCNC1=O. The molecule has 0 aromatic heterocycles. The zero-order valence-corrected chi connectivity index (χ0v) is 21.1. The lowest BCUT2D eigenvalue weighted by Gasteiger charge is -2.34. The van der Waals surface area contributed by atoms with Crippen molar-refractivity contribution < 1.29 is 37.2 Å². The van der Waals surface area contributed by atoms with Crippen molar-refractivity contribution in [2.45, 2.75) is 39.7 Å². The van der Waals surface area contributed by atoms with E-state index in [1.807, 2.05) is 21.1 Å². The maximum Gasteiger partial charge on any atom is 0.390 e. The van der Waals surface area contributed by atoms with Crippen molar-refractivity contribution in [3.05, 3.63) is 0 Å². The maximum absolute atomic E-state index is 13.5. The monoisotopic (exact) mass is 482 g/mol. The summed E-state index contributed by atoms with van der Waals surface area (Å²) in [4.78, 5) is 36.4. The van der Waals surface area contributed by atoms with Gasteiger partial charge in [-0.05, 0) is 11.4 Å². The van der Waals surface area contributed by atoms with E-state index in [4.69, 9.17) is 13.8 Å². The average molecular weight is 483 g/mol. The van der Waals surface area contributed by atoms with Gasteiger partial charge in [-0.15, -0.1) is 0 Å².